The molecule has 0 unspecified atom stereocenters. The summed E-state index contributed by atoms with van der Waals surface area (Å²) in [6.07, 6.45) is -2.39. The highest BCUT2D eigenvalue weighted by Crippen LogP contribution is 2.36. The Kier molecular flexibility index (Phi) is 7.06. The Balaban J connectivity index is 0.000000234. The van der Waals surface area contributed by atoms with E-state index in [-0.39, 0.29) is 24.0 Å². The van der Waals surface area contributed by atoms with Crippen molar-refractivity contribution < 1.29 is 37.3 Å². The number of carboxylic acid groups (broad SMARTS) is 1. The van der Waals surface area contributed by atoms with Crippen LogP contribution in [-0.4, -0.2) is 66.3 Å². The molecule has 1 aliphatic heterocycles. The number of aromatic carboxylic acids is 1. The van der Waals surface area contributed by atoms with E-state index in [4.69, 9.17) is 20.3 Å². The lowest BCUT2D eigenvalue weighted by molar-refractivity contribution is -0.139. The molecule has 0 spiro atoms. The van der Waals surface area contributed by atoms with Gasteiger partial charge in [0.15, 0.2) is 5.69 Å². The number of aromatic nitrogens is 1. The highest BCUT2D eigenvalue weighted by atomic mass is 19.4. The first kappa shape index (κ1) is 22.9. The molecule has 0 aromatic carbocycles. The van der Waals surface area contributed by atoms with Gasteiger partial charge in [-0.2, -0.15) is 13.2 Å². The van der Waals surface area contributed by atoms with Gasteiger partial charge in [0, 0.05) is 20.5 Å². The Morgan fingerprint density at radius 1 is 1.34 bits per heavy atom. The molecule has 8 nitrogen and oxygen atoms in total. The number of ether oxygens (including phenoxy) is 2. The molecule has 1 aliphatic carbocycles. The summed E-state index contributed by atoms with van der Waals surface area (Å²) in [7, 11) is 3.45. The third-order valence-corrected chi connectivity index (χ3v) is 4.32. The zero-order chi connectivity index (χ0) is 21.8. The number of carbonyl (C=O) groups is 2. The van der Waals surface area contributed by atoms with Gasteiger partial charge in [-0.25, -0.2) is 9.78 Å². The lowest BCUT2D eigenvalue weighted by Gasteiger charge is -2.37. The maximum atomic E-state index is 12.7. The van der Waals surface area contributed by atoms with Crippen LogP contribution in [0.5, 0.6) is 5.88 Å². The van der Waals surface area contributed by atoms with Gasteiger partial charge in [0.1, 0.15) is 5.56 Å². The van der Waals surface area contributed by atoms with E-state index < -0.39 is 29.3 Å². The summed E-state index contributed by atoms with van der Waals surface area (Å²) in [5.74, 6) is -1.73. The van der Waals surface area contributed by atoms with E-state index in [0.717, 1.165) is 18.9 Å². The normalized spacial score (nSPS) is 17.4. The van der Waals surface area contributed by atoms with Gasteiger partial charge in [-0.05, 0) is 30.9 Å². The van der Waals surface area contributed by atoms with Crippen molar-refractivity contribution in [2.24, 2.45) is 11.7 Å². The van der Waals surface area contributed by atoms with E-state index in [0.29, 0.717) is 25.7 Å². The molecular weight excluding hydrogens is 395 g/mol. The molecule has 3 rings (SSSR count). The number of pyridine rings is 1. The highest BCUT2D eigenvalue weighted by Gasteiger charge is 2.37. The molecule has 162 valence electrons. The van der Waals surface area contributed by atoms with E-state index in [2.05, 4.69) is 4.98 Å². The fraction of sp³-hybridized carbons (Fsp3) is 0.611. The van der Waals surface area contributed by atoms with Crippen LogP contribution in [0, 0.1) is 5.92 Å². The molecule has 2 fully saturated rings. The zero-order valence-electron chi connectivity index (χ0n) is 16.2. The SMILES string of the molecule is CN(C)C(=O)CC1(N)COC1.O=C(O)c1ccc(C(F)(F)F)c(OCC2CC2)n1. The van der Waals surface area contributed by atoms with Gasteiger partial charge in [-0.3, -0.25) is 4.79 Å². The fourth-order valence-corrected chi connectivity index (χ4v) is 2.29. The van der Waals surface area contributed by atoms with Gasteiger partial charge in [-0.15, -0.1) is 0 Å². The van der Waals surface area contributed by atoms with Crippen molar-refractivity contribution in [3.63, 3.8) is 0 Å². The quantitative estimate of drug-likeness (QED) is 0.722. The van der Waals surface area contributed by atoms with Crippen molar-refractivity contribution in [1.82, 2.24) is 9.88 Å². The summed E-state index contributed by atoms with van der Waals surface area (Å²) >= 11 is 0. The van der Waals surface area contributed by atoms with Crippen LogP contribution in [0.1, 0.15) is 35.3 Å². The molecule has 2 heterocycles. The van der Waals surface area contributed by atoms with E-state index in [1.807, 2.05) is 0 Å². The van der Waals surface area contributed by atoms with Crippen molar-refractivity contribution in [3.05, 3.63) is 23.4 Å². The monoisotopic (exact) mass is 419 g/mol. The van der Waals surface area contributed by atoms with Crippen molar-refractivity contribution in [2.75, 3.05) is 33.9 Å². The van der Waals surface area contributed by atoms with Crippen LogP contribution in [0.15, 0.2) is 12.1 Å². The molecule has 1 aromatic heterocycles. The lowest BCUT2D eigenvalue weighted by Crippen LogP contribution is -2.59. The second-order valence-corrected chi connectivity index (χ2v) is 7.43. The predicted octanol–water partition coefficient (Wildman–Crippen LogP) is 1.78. The molecular formula is C18H24F3N3O5. The van der Waals surface area contributed by atoms with Crippen LogP contribution in [-0.2, 0) is 15.7 Å². The third kappa shape index (κ3) is 6.86. The Hall–Kier alpha value is -2.40. The average Bonchev–Trinajstić information content (AvgIpc) is 3.42. The van der Waals surface area contributed by atoms with E-state index in [9.17, 15) is 22.8 Å². The molecule has 3 N–H and O–H groups in total. The van der Waals surface area contributed by atoms with E-state index in [1.165, 1.54) is 0 Å². The molecule has 0 radical (unpaired) electrons. The first-order valence-corrected chi connectivity index (χ1v) is 8.92. The maximum Gasteiger partial charge on any atom is 0.421 e. The van der Waals surface area contributed by atoms with Crippen molar-refractivity contribution >= 4 is 11.9 Å². The first-order chi connectivity index (χ1) is 13.4. The number of hydrogen-bond donors (Lipinski definition) is 2. The summed E-state index contributed by atoms with van der Waals surface area (Å²) in [5.41, 5.74) is 3.87. The molecule has 1 amide bonds. The number of nitrogens with two attached hydrogens (primary N) is 1. The van der Waals surface area contributed by atoms with Gasteiger partial charge in [-0.1, -0.05) is 0 Å². The molecule has 1 saturated heterocycles. The van der Waals surface area contributed by atoms with Crippen LogP contribution in [0.2, 0.25) is 0 Å². The number of rotatable bonds is 6. The van der Waals surface area contributed by atoms with Gasteiger partial charge in [0.2, 0.25) is 11.8 Å². The lowest BCUT2D eigenvalue weighted by atomic mass is 9.94. The molecule has 29 heavy (non-hydrogen) atoms. The number of carbonyl (C=O) groups excluding carboxylic acids is 1. The van der Waals surface area contributed by atoms with E-state index in [1.54, 1.807) is 19.0 Å². The molecule has 1 aromatic rings. The smallest absolute Gasteiger partial charge is 0.421 e. The van der Waals surface area contributed by atoms with Crippen LogP contribution >= 0.6 is 0 Å². The zero-order valence-corrected chi connectivity index (χ0v) is 16.2. The van der Waals surface area contributed by atoms with Crippen molar-refractivity contribution in [1.29, 1.82) is 0 Å². The topological polar surface area (TPSA) is 115 Å². The Labute approximate surface area is 165 Å². The third-order valence-electron chi connectivity index (χ3n) is 4.32. The summed E-state index contributed by atoms with van der Waals surface area (Å²) in [5, 5.41) is 8.69. The molecule has 1 saturated carbocycles. The number of alkyl halides is 3. The summed E-state index contributed by atoms with van der Waals surface area (Å²) in [4.78, 5) is 26.8. The minimum absolute atomic E-state index is 0.0656. The van der Waals surface area contributed by atoms with Gasteiger partial charge in [0.05, 0.1) is 25.4 Å². The first-order valence-electron chi connectivity index (χ1n) is 8.92. The van der Waals surface area contributed by atoms with E-state index >= 15 is 0 Å². The number of halogens is 3. The van der Waals surface area contributed by atoms with Gasteiger partial charge >= 0.3 is 12.1 Å². The largest absolute Gasteiger partial charge is 0.477 e. The van der Waals surface area contributed by atoms with Crippen LogP contribution < -0.4 is 10.5 Å². The Bertz CT molecular complexity index is 747. The molecule has 0 bridgehead atoms. The minimum atomic E-state index is -4.61. The minimum Gasteiger partial charge on any atom is -0.477 e. The second kappa shape index (κ2) is 8.95. The Morgan fingerprint density at radius 3 is 2.38 bits per heavy atom. The second-order valence-electron chi connectivity index (χ2n) is 7.43. The molecule has 0 atom stereocenters. The predicted molar refractivity (Wildman–Crippen MR) is 95.5 cm³/mol. The number of hydrogen-bond acceptors (Lipinski definition) is 6. The van der Waals surface area contributed by atoms with Gasteiger partial charge in [0.25, 0.3) is 0 Å². The number of amides is 1. The van der Waals surface area contributed by atoms with Gasteiger partial charge < -0.3 is 25.2 Å². The van der Waals surface area contributed by atoms with Crippen LogP contribution in [0.3, 0.4) is 0 Å². The van der Waals surface area contributed by atoms with Crippen LogP contribution in [0.4, 0.5) is 13.2 Å². The summed E-state index contributed by atoms with van der Waals surface area (Å²) in [6, 6.07) is 1.49. The molecule has 2 aliphatic rings. The Morgan fingerprint density at radius 2 is 1.97 bits per heavy atom. The molecule has 11 heteroatoms. The van der Waals surface area contributed by atoms with Crippen LogP contribution in [0.25, 0.3) is 0 Å². The van der Waals surface area contributed by atoms with Crippen molar-refractivity contribution in [3.8, 4) is 5.88 Å². The summed E-state index contributed by atoms with van der Waals surface area (Å²) < 4.78 is 47.9. The highest BCUT2D eigenvalue weighted by molar-refractivity contribution is 5.85. The fourth-order valence-electron chi connectivity index (χ4n) is 2.29. The maximum absolute atomic E-state index is 12.7. The number of carboxylic acids is 1. The standard InChI is InChI=1S/C11H10F3NO3.C7H14N2O2/c12-11(13,14)7-3-4-8(10(16)17)15-9(7)18-5-6-1-2-6;1-9(2)6(10)3-7(8)4-11-5-7/h3-4,6H,1-2,5H2,(H,16,17);3-5,8H2,1-2H3. The average molecular weight is 419 g/mol. The number of nitrogens with zero attached hydrogens (tertiary/aromatic N) is 2. The summed E-state index contributed by atoms with van der Waals surface area (Å²) in [6.45, 7) is 1.15. The van der Waals surface area contributed by atoms with Crippen molar-refractivity contribution in [2.45, 2.75) is 31.0 Å².